The molecule has 148 valence electrons. The van der Waals surface area contributed by atoms with E-state index in [0.29, 0.717) is 33.9 Å². The lowest BCUT2D eigenvalue weighted by atomic mass is 9.99. The minimum atomic E-state index is -0.539. The van der Waals surface area contributed by atoms with Gasteiger partial charge in [-0.25, -0.2) is 0 Å². The number of carbonyl (C=O) groups is 2. The van der Waals surface area contributed by atoms with Gasteiger partial charge in [0.2, 0.25) is 5.91 Å². The lowest BCUT2D eigenvalue weighted by Gasteiger charge is -2.16. The highest BCUT2D eigenvalue weighted by molar-refractivity contribution is 6.00. The molecule has 3 aromatic carbocycles. The van der Waals surface area contributed by atoms with Crippen LogP contribution in [-0.4, -0.2) is 24.1 Å². The van der Waals surface area contributed by atoms with E-state index in [1.165, 1.54) is 0 Å². The first kappa shape index (κ1) is 20.1. The molecule has 0 aliphatic heterocycles. The first-order valence-electron chi connectivity index (χ1n) is 9.13. The molecule has 0 atom stereocenters. The van der Waals surface area contributed by atoms with Gasteiger partial charge in [0.15, 0.2) is 0 Å². The van der Waals surface area contributed by atoms with Crippen LogP contribution in [-0.2, 0) is 11.2 Å². The Bertz CT molecular complexity index is 1020. The molecule has 0 aliphatic rings. The van der Waals surface area contributed by atoms with Gasteiger partial charge in [0, 0.05) is 12.0 Å². The number of hydroxylamine groups is 1. The molecule has 0 bridgehead atoms. The van der Waals surface area contributed by atoms with Crippen LogP contribution in [0.15, 0.2) is 72.8 Å². The highest BCUT2D eigenvalue weighted by Gasteiger charge is 2.15. The number of amides is 2. The van der Waals surface area contributed by atoms with E-state index >= 15 is 0 Å². The molecule has 0 aliphatic carbocycles. The molecule has 0 unspecified atom stereocenters. The summed E-state index contributed by atoms with van der Waals surface area (Å²) < 4.78 is 5.12. The largest absolute Gasteiger partial charge is 0.497 e. The van der Waals surface area contributed by atoms with E-state index in [0.717, 1.165) is 11.3 Å². The molecular formula is C23H22N2O4. The molecule has 3 aromatic rings. The molecule has 29 heavy (non-hydrogen) atoms. The number of hydrogen-bond donors (Lipinski definition) is 2. The van der Waals surface area contributed by atoms with Gasteiger partial charge in [0.25, 0.3) is 5.91 Å². The summed E-state index contributed by atoms with van der Waals surface area (Å²) in [5, 5.41) is 11.0. The summed E-state index contributed by atoms with van der Waals surface area (Å²) in [5.74, 6) is -0.222. The fourth-order valence-corrected chi connectivity index (χ4v) is 3.05. The SMILES string of the molecule is COc1ccc(CCC(=O)N(O)c2cccc(-c3ccccc3C(N)=O)c2)cc1. The van der Waals surface area contributed by atoms with Gasteiger partial charge in [-0.1, -0.05) is 42.5 Å². The van der Waals surface area contributed by atoms with Crippen molar-refractivity contribution in [3.05, 3.63) is 83.9 Å². The molecule has 3 rings (SSSR count). The standard InChI is InChI=1S/C23H22N2O4/c1-29-19-12-9-16(10-13-19)11-14-22(26)25(28)18-6-4-5-17(15-18)20-7-2-3-8-21(20)23(24)27/h2-10,12-13,15,28H,11,14H2,1H3,(H2,24,27). The molecule has 6 nitrogen and oxygen atoms in total. The fourth-order valence-electron chi connectivity index (χ4n) is 3.05. The van der Waals surface area contributed by atoms with Gasteiger partial charge < -0.3 is 10.5 Å². The van der Waals surface area contributed by atoms with Gasteiger partial charge in [0.05, 0.1) is 12.8 Å². The number of carbonyl (C=O) groups excluding carboxylic acids is 2. The Morgan fingerprint density at radius 3 is 2.41 bits per heavy atom. The Kier molecular flexibility index (Phi) is 6.26. The number of hydrogen-bond acceptors (Lipinski definition) is 4. The third-order valence-electron chi connectivity index (χ3n) is 4.62. The molecule has 0 saturated heterocycles. The molecule has 0 aromatic heterocycles. The van der Waals surface area contributed by atoms with Crippen LogP contribution in [0.2, 0.25) is 0 Å². The Morgan fingerprint density at radius 2 is 1.72 bits per heavy atom. The molecule has 0 heterocycles. The Hall–Kier alpha value is -3.64. The average Bonchev–Trinajstić information content (AvgIpc) is 2.77. The summed E-state index contributed by atoms with van der Waals surface area (Å²) in [4.78, 5) is 24.1. The minimum Gasteiger partial charge on any atom is -0.497 e. The van der Waals surface area contributed by atoms with Crippen LogP contribution in [0.1, 0.15) is 22.3 Å². The lowest BCUT2D eigenvalue weighted by Crippen LogP contribution is -2.27. The Morgan fingerprint density at radius 1 is 1.00 bits per heavy atom. The van der Waals surface area contributed by atoms with E-state index in [4.69, 9.17) is 10.5 Å². The number of primary amides is 1. The number of ether oxygens (including phenoxy) is 1. The van der Waals surface area contributed by atoms with Crippen molar-refractivity contribution in [2.24, 2.45) is 5.73 Å². The van der Waals surface area contributed by atoms with Crippen LogP contribution < -0.4 is 15.5 Å². The first-order valence-corrected chi connectivity index (χ1v) is 9.13. The van der Waals surface area contributed by atoms with Gasteiger partial charge in [0.1, 0.15) is 5.75 Å². The number of nitrogens with zero attached hydrogens (tertiary/aromatic N) is 1. The van der Waals surface area contributed by atoms with E-state index < -0.39 is 11.8 Å². The predicted octanol–water partition coefficient (Wildman–Crippen LogP) is 3.82. The van der Waals surface area contributed by atoms with Crippen LogP contribution in [0, 0.1) is 0 Å². The number of nitrogens with two attached hydrogens (primary N) is 1. The van der Waals surface area contributed by atoms with Crippen LogP contribution in [0.3, 0.4) is 0 Å². The van der Waals surface area contributed by atoms with E-state index in [9.17, 15) is 14.8 Å². The van der Waals surface area contributed by atoms with Crippen molar-refractivity contribution in [1.82, 2.24) is 0 Å². The minimum absolute atomic E-state index is 0.144. The summed E-state index contributed by atoms with van der Waals surface area (Å²) >= 11 is 0. The summed E-state index contributed by atoms with van der Waals surface area (Å²) in [6.07, 6.45) is 0.634. The third kappa shape index (κ3) is 4.80. The van der Waals surface area contributed by atoms with Gasteiger partial charge in [-0.05, 0) is 53.4 Å². The molecule has 3 N–H and O–H groups in total. The monoisotopic (exact) mass is 390 g/mol. The zero-order valence-corrected chi connectivity index (χ0v) is 16.0. The summed E-state index contributed by atoms with van der Waals surface area (Å²) in [6, 6.07) is 21.1. The van der Waals surface area contributed by atoms with Crippen molar-refractivity contribution in [3.8, 4) is 16.9 Å². The maximum absolute atomic E-state index is 12.4. The van der Waals surface area contributed by atoms with Crippen LogP contribution >= 0.6 is 0 Å². The number of benzene rings is 3. The maximum Gasteiger partial charge on any atom is 0.251 e. The fraction of sp³-hybridized carbons (Fsp3) is 0.130. The van der Waals surface area contributed by atoms with Crippen molar-refractivity contribution < 1.29 is 19.5 Å². The van der Waals surface area contributed by atoms with Crippen molar-refractivity contribution in [2.75, 3.05) is 12.2 Å². The number of anilines is 1. The van der Waals surface area contributed by atoms with Gasteiger partial charge in [-0.3, -0.25) is 14.8 Å². The summed E-state index contributed by atoms with van der Waals surface area (Å²) in [7, 11) is 1.60. The van der Waals surface area contributed by atoms with Gasteiger partial charge in [-0.2, -0.15) is 5.06 Å². The second kappa shape index (κ2) is 9.03. The zero-order chi connectivity index (χ0) is 20.8. The zero-order valence-electron chi connectivity index (χ0n) is 16.0. The molecule has 0 spiro atoms. The van der Waals surface area contributed by atoms with E-state index in [1.54, 1.807) is 55.6 Å². The molecule has 2 amide bonds. The Balaban J connectivity index is 1.74. The second-order valence-electron chi connectivity index (χ2n) is 6.51. The molecule has 6 heteroatoms. The van der Waals surface area contributed by atoms with E-state index in [1.807, 2.05) is 24.3 Å². The van der Waals surface area contributed by atoms with Crippen LogP contribution in [0.5, 0.6) is 5.75 Å². The topological polar surface area (TPSA) is 92.9 Å². The summed E-state index contributed by atoms with van der Waals surface area (Å²) in [5.41, 5.74) is 8.43. The number of rotatable bonds is 7. The normalized spacial score (nSPS) is 10.4. The molecule has 0 fully saturated rings. The van der Waals surface area contributed by atoms with Crippen molar-refractivity contribution >= 4 is 17.5 Å². The van der Waals surface area contributed by atoms with Crippen LogP contribution in [0.4, 0.5) is 5.69 Å². The Labute approximate surface area is 169 Å². The molecular weight excluding hydrogens is 368 g/mol. The predicted molar refractivity (Wildman–Crippen MR) is 111 cm³/mol. The van der Waals surface area contributed by atoms with Crippen LogP contribution in [0.25, 0.3) is 11.1 Å². The van der Waals surface area contributed by atoms with E-state index in [2.05, 4.69) is 0 Å². The molecule has 0 saturated carbocycles. The van der Waals surface area contributed by atoms with E-state index in [-0.39, 0.29) is 6.42 Å². The maximum atomic E-state index is 12.4. The smallest absolute Gasteiger partial charge is 0.251 e. The highest BCUT2D eigenvalue weighted by atomic mass is 16.5. The lowest BCUT2D eigenvalue weighted by molar-refractivity contribution is -0.123. The second-order valence-corrected chi connectivity index (χ2v) is 6.51. The number of aryl methyl sites for hydroxylation is 1. The van der Waals surface area contributed by atoms with Crippen molar-refractivity contribution in [3.63, 3.8) is 0 Å². The highest BCUT2D eigenvalue weighted by Crippen LogP contribution is 2.27. The summed E-state index contributed by atoms with van der Waals surface area (Å²) in [6.45, 7) is 0. The van der Waals surface area contributed by atoms with Crippen molar-refractivity contribution in [1.29, 1.82) is 0 Å². The first-order chi connectivity index (χ1) is 14.0. The quantitative estimate of drug-likeness (QED) is 0.474. The number of methoxy groups -OCH3 is 1. The van der Waals surface area contributed by atoms with Crippen molar-refractivity contribution in [2.45, 2.75) is 12.8 Å². The third-order valence-corrected chi connectivity index (χ3v) is 4.62. The van der Waals surface area contributed by atoms with Gasteiger partial charge in [-0.15, -0.1) is 0 Å². The average molecular weight is 390 g/mol. The molecule has 0 radical (unpaired) electrons. The van der Waals surface area contributed by atoms with Gasteiger partial charge >= 0.3 is 0 Å².